The number of nitrogens with zero attached hydrogens (tertiary/aromatic N) is 3. The quantitative estimate of drug-likeness (QED) is 0.909. The molecule has 0 bridgehead atoms. The molecule has 1 saturated carbocycles. The minimum atomic E-state index is -0.0434. The summed E-state index contributed by atoms with van der Waals surface area (Å²) in [6.07, 6.45) is 5.84. The van der Waals surface area contributed by atoms with Gasteiger partial charge in [0.05, 0.1) is 10.7 Å². The Morgan fingerprint density at radius 3 is 2.48 bits per heavy atom. The Hall–Kier alpha value is -1.07. The Kier molecular flexibility index (Phi) is 5.65. The molecule has 0 atom stereocenters. The van der Waals surface area contributed by atoms with E-state index in [9.17, 15) is 4.79 Å². The normalized spacial score (nSPS) is 16.4. The molecule has 0 aromatic carbocycles. The first-order valence-corrected chi connectivity index (χ1v) is 8.04. The summed E-state index contributed by atoms with van der Waals surface area (Å²) in [5.74, 6) is -0.0434. The fourth-order valence-electron chi connectivity index (χ4n) is 2.84. The van der Waals surface area contributed by atoms with Gasteiger partial charge in [-0.2, -0.15) is 5.10 Å². The number of rotatable bonds is 5. The zero-order chi connectivity index (χ0) is 15.4. The molecule has 1 fully saturated rings. The lowest BCUT2D eigenvalue weighted by Crippen LogP contribution is -2.45. The van der Waals surface area contributed by atoms with E-state index in [1.165, 1.54) is 19.3 Å². The Balaban J connectivity index is 2.16. The molecule has 1 heterocycles. The lowest BCUT2D eigenvalue weighted by atomic mass is 9.94. The molecule has 0 unspecified atom stereocenters. The fourth-order valence-corrected chi connectivity index (χ4v) is 3.01. The summed E-state index contributed by atoms with van der Waals surface area (Å²) >= 11 is 6.20. The van der Waals surface area contributed by atoms with E-state index in [0.29, 0.717) is 16.8 Å². The summed E-state index contributed by atoms with van der Waals surface area (Å²) in [5.41, 5.74) is 1.11. The molecule has 0 spiro atoms. The van der Waals surface area contributed by atoms with Crippen LogP contribution in [0.2, 0.25) is 5.02 Å². The SMILES string of the molecule is Cc1[nH]nc(C(=O)N(CCN(C)C)C2CCCCC2)c1Cl. The van der Waals surface area contributed by atoms with Crippen LogP contribution in [0.1, 0.15) is 48.3 Å². The van der Waals surface area contributed by atoms with Crippen molar-refractivity contribution < 1.29 is 4.79 Å². The summed E-state index contributed by atoms with van der Waals surface area (Å²) in [6.45, 7) is 3.40. The van der Waals surface area contributed by atoms with Gasteiger partial charge in [-0.1, -0.05) is 30.9 Å². The van der Waals surface area contributed by atoms with E-state index in [1.54, 1.807) is 0 Å². The molecule has 1 amide bonds. The first-order chi connectivity index (χ1) is 10.0. The van der Waals surface area contributed by atoms with E-state index in [0.717, 1.165) is 31.6 Å². The van der Waals surface area contributed by atoms with Crippen LogP contribution in [0.25, 0.3) is 0 Å². The number of carbonyl (C=O) groups excluding carboxylic acids is 1. The Labute approximate surface area is 131 Å². The lowest BCUT2D eigenvalue weighted by Gasteiger charge is -2.34. The number of H-pyrrole nitrogens is 1. The minimum Gasteiger partial charge on any atom is -0.333 e. The molecule has 2 rings (SSSR count). The number of aryl methyl sites for hydroxylation is 1. The second-order valence-corrected chi connectivity index (χ2v) is 6.48. The van der Waals surface area contributed by atoms with Crippen molar-refractivity contribution in [3.63, 3.8) is 0 Å². The van der Waals surface area contributed by atoms with Crippen LogP contribution in [-0.4, -0.2) is 59.1 Å². The number of aromatic amines is 1. The van der Waals surface area contributed by atoms with Gasteiger partial charge in [-0.05, 0) is 33.9 Å². The Morgan fingerprint density at radius 1 is 1.29 bits per heavy atom. The molecular weight excluding hydrogens is 288 g/mol. The molecule has 1 N–H and O–H groups in total. The first-order valence-electron chi connectivity index (χ1n) is 7.67. The lowest BCUT2D eigenvalue weighted by molar-refractivity contribution is 0.0612. The summed E-state index contributed by atoms with van der Waals surface area (Å²) in [6, 6.07) is 0.319. The smallest absolute Gasteiger partial charge is 0.276 e. The van der Waals surface area contributed by atoms with Crippen molar-refractivity contribution in [3.05, 3.63) is 16.4 Å². The summed E-state index contributed by atoms with van der Waals surface area (Å²) < 4.78 is 0. The topological polar surface area (TPSA) is 52.2 Å². The third-order valence-corrected chi connectivity index (χ3v) is 4.60. The predicted molar refractivity (Wildman–Crippen MR) is 84.8 cm³/mol. The van der Waals surface area contributed by atoms with Crippen molar-refractivity contribution in [2.45, 2.75) is 45.1 Å². The Morgan fingerprint density at radius 2 is 1.95 bits per heavy atom. The summed E-state index contributed by atoms with van der Waals surface area (Å²) in [5, 5.41) is 7.35. The second kappa shape index (κ2) is 7.27. The molecule has 1 aliphatic rings. The van der Waals surface area contributed by atoms with E-state index in [4.69, 9.17) is 11.6 Å². The van der Waals surface area contributed by atoms with Crippen LogP contribution >= 0.6 is 11.6 Å². The number of carbonyl (C=O) groups is 1. The van der Waals surface area contributed by atoms with Crippen molar-refractivity contribution in [2.24, 2.45) is 0 Å². The van der Waals surface area contributed by atoms with Crippen molar-refractivity contribution in [1.82, 2.24) is 20.0 Å². The number of amides is 1. The van der Waals surface area contributed by atoms with Gasteiger partial charge in [0.1, 0.15) is 0 Å². The average molecular weight is 313 g/mol. The number of nitrogens with one attached hydrogen (secondary N) is 1. The molecule has 21 heavy (non-hydrogen) atoms. The highest BCUT2D eigenvalue weighted by Gasteiger charge is 2.29. The molecule has 0 aliphatic heterocycles. The van der Waals surface area contributed by atoms with Crippen LogP contribution in [0.15, 0.2) is 0 Å². The van der Waals surface area contributed by atoms with Crippen LogP contribution < -0.4 is 0 Å². The van der Waals surface area contributed by atoms with Gasteiger partial charge in [0, 0.05) is 19.1 Å². The van der Waals surface area contributed by atoms with E-state index in [-0.39, 0.29) is 5.91 Å². The zero-order valence-corrected chi connectivity index (χ0v) is 13.9. The van der Waals surface area contributed by atoms with Crippen molar-refractivity contribution in [1.29, 1.82) is 0 Å². The fraction of sp³-hybridized carbons (Fsp3) is 0.733. The summed E-state index contributed by atoms with van der Waals surface area (Å²) in [4.78, 5) is 16.9. The number of likely N-dealkylation sites (N-methyl/N-ethyl adjacent to an activating group) is 1. The van der Waals surface area contributed by atoms with Gasteiger partial charge < -0.3 is 9.80 Å². The monoisotopic (exact) mass is 312 g/mol. The van der Waals surface area contributed by atoms with E-state index in [1.807, 2.05) is 25.9 Å². The second-order valence-electron chi connectivity index (χ2n) is 6.10. The molecular formula is C15H25ClN4O. The van der Waals surface area contributed by atoms with Crippen LogP contribution in [-0.2, 0) is 0 Å². The van der Waals surface area contributed by atoms with Crippen molar-refractivity contribution >= 4 is 17.5 Å². The molecule has 1 aliphatic carbocycles. The molecule has 0 saturated heterocycles. The van der Waals surface area contributed by atoms with Crippen LogP contribution in [0.5, 0.6) is 0 Å². The van der Waals surface area contributed by atoms with Crippen molar-refractivity contribution in [2.75, 3.05) is 27.2 Å². The number of hydrogen-bond acceptors (Lipinski definition) is 3. The Bertz CT molecular complexity index is 480. The highest BCUT2D eigenvalue weighted by atomic mass is 35.5. The van der Waals surface area contributed by atoms with Gasteiger partial charge in [0.15, 0.2) is 5.69 Å². The first kappa shape index (κ1) is 16.3. The van der Waals surface area contributed by atoms with Crippen molar-refractivity contribution in [3.8, 4) is 0 Å². The zero-order valence-electron chi connectivity index (χ0n) is 13.2. The number of hydrogen-bond donors (Lipinski definition) is 1. The van der Waals surface area contributed by atoms with Gasteiger partial charge in [-0.25, -0.2) is 0 Å². The summed E-state index contributed by atoms with van der Waals surface area (Å²) in [7, 11) is 4.05. The number of halogens is 1. The van der Waals surface area contributed by atoms with Crippen LogP contribution in [0, 0.1) is 6.92 Å². The largest absolute Gasteiger partial charge is 0.333 e. The molecule has 0 radical (unpaired) electrons. The molecule has 118 valence electrons. The number of aromatic nitrogens is 2. The maximum atomic E-state index is 12.8. The van der Waals surface area contributed by atoms with Crippen LogP contribution in [0.3, 0.4) is 0 Å². The van der Waals surface area contributed by atoms with E-state index < -0.39 is 0 Å². The third-order valence-electron chi connectivity index (χ3n) is 4.14. The average Bonchev–Trinajstić information content (AvgIpc) is 2.80. The van der Waals surface area contributed by atoms with Gasteiger partial charge in [-0.15, -0.1) is 0 Å². The van der Waals surface area contributed by atoms with Gasteiger partial charge >= 0.3 is 0 Å². The minimum absolute atomic E-state index is 0.0434. The highest BCUT2D eigenvalue weighted by Crippen LogP contribution is 2.26. The maximum Gasteiger partial charge on any atom is 0.276 e. The highest BCUT2D eigenvalue weighted by molar-refractivity contribution is 6.34. The standard InChI is InChI=1S/C15H25ClN4O/c1-11-13(16)14(18-17-11)15(21)20(10-9-19(2)3)12-7-5-4-6-8-12/h12H,4-10H2,1-3H3,(H,17,18). The maximum absolute atomic E-state index is 12.8. The van der Waals surface area contributed by atoms with Crippen LogP contribution in [0.4, 0.5) is 0 Å². The molecule has 5 nitrogen and oxygen atoms in total. The molecule has 1 aromatic rings. The van der Waals surface area contributed by atoms with Gasteiger partial charge in [-0.3, -0.25) is 9.89 Å². The third kappa shape index (κ3) is 3.98. The molecule has 1 aromatic heterocycles. The van der Waals surface area contributed by atoms with Gasteiger partial charge in [0.2, 0.25) is 0 Å². The van der Waals surface area contributed by atoms with Gasteiger partial charge in [0.25, 0.3) is 5.91 Å². The molecule has 6 heteroatoms. The van der Waals surface area contributed by atoms with E-state index >= 15 is 0 Å². The van der Waals surface area contributed by atoms with E-state index in [2.05, 4.69) is 15.1 Å². The predicted octanol–water partition coefficient (Wildman–Crippen LogP) is 2.71.